The molecule has 0 radical (unpaired) electrons. The molecule has 0 saturated carbocycles. The first-order valence-corrected chi connectivity index (χ1v) is 7.47. The van der Waals surface area contributed by atoms with Crippen molar-refractivity contribution in [2.45, 2.75) is 18.9 Å². The summed E-state index contributed by atoms with van der Waals surface area (Å²) in [6, 6.07) is 0.913. The molecule has 0 heterocycles. The van der Waals surface area contributed by atoms with Gasteiger partial charge in [-0.05, 0) is 23.8 Å². The van der Waals surface area contributed by atoms with Crippen LogP contribution in [0.1, 0.15) is 16.7 Å². The summed E-state index contributed by atoms with van der Waals surface area (Å²) in [5, 5.41) is 0. The van der Waals surface area contributed by atoms with Gasteiger partial charge in [-0.15, -0.1) is 0 Å². The van der Waals surface area contributed by atoms with E-state index in [1.807, 2.05) is 0 Å². The van der Waals surface area contributed by atoms with Gasteiger partial charge in [0.15, 0.2) is 0 Å². The molecule has 3 nitrogen and oxygen atoms in total. The molecule has 0 spiro atoms. The van der Waals surface area contributed by atoms with Crippen LogP contribution in [0.25, 0.3) is 0 Å². The largest absolute Gasteiger partial charge is 0.416 e. The Kier molecular flexibility index (Phi) is 4.85. The lowest BCUT2D eigenvalue weighted by Crippen LogP contribution is -2.24. The van der Waals surface area contributed by atoms with Gasteiger partial charge in [-0.3, -0.25) is 4.31 Å². The molecule has 0 aliphatic carbocycles. The van der Waals surface area contributed by atoms with E-state index in [0.717, 1.165) is 12.5 Å². The fourth-order valence-corrected chi connectivity index (χ4v) is 2.26. The van der Waals surface area contributed by atoms with Crippen LogP contribution >= 0.6 is 0 Å². The van der Waals surface area contributed by atoms with Gasteiger partial charge in [0.05, 0.1) is 23.9 Å². The van der Waals surface area contributed by atoms with Gasteiger partial charge >= 0.3 is 12.4 Å². The first-order chi connectivity index (χ1) is 9.75. The maximum atomic E-state index is 12.7. The molecule has 0 fully saturated rings. The quantitative estimate of drug-likeness (QED) is 0.780. The highest BCUT2D eigenvalue weighted by atomic mass is 32.2. The van der Waals surface area contributed by atoms with Crippen molar-refractivity contribution in [2.75, 3.05) is 6.26 Å². The number of hydrogen-bond acceptors (Lipinski definition) is 2. The SMILES string of the molecule is C=CN(Cc1cc(C(F)(F)F)cc(C(F)(F)F)c1)S(C)(=O)=O. The summed E-state index contributed by atoms with van der Waals surface area (Å²) in [6.45, 7) is 2.48. The van der Waals surface area contributed by atoms with Gasteiger partial charge in [-0.25, -0.2) is 8.42 Å². The van der Waals surface area contributed by atoms with Crippen molar-refractivity contribution < 1.29 is 34.8 Å². The van der Waals surface area contributed by atoms with E-state index in [-0.39, 0.29) is 6.07 Å². The van der Waals surface area contributed by atoms with E-state index in [2.05, 4.69) is 6.58 Å². The van der Waals surface area contributed by atoms with E-state index < -0.39 is 45.6 Å². The molecule has 0 saturated heterocycles. The van der Waals surface area contributed by atoms with Crippen LogP contribution in [0, 0.1) is 0 Å². The number of sulfonamides is 1. The second kappa shape index (κ2) is 5.82. The number of rotatable bonds is 4. The van der Waals surface area contributed by atoms with Gasteiger partial charge < -0.3 is 0 Å². The Morgan fingerprint density at radius 3 is 1.73 bits per heavy atom. The summed E-state index contributed by atoms with van der Waals surface area (Å²) in [4.78, 5) is 0. The van der Waals surface area contributed by atoms with E-state index in [4.69, 9.17) is 0 Å². The molecule has 0 aromatic heterocycles. The van der Waals surface area contributed by atoms with Gasteiger partial charge in [0.25, 0.3) is 0 Å². The summed E-state index contributed by atoms with van der Waals surface area (Å²) in [6.07, 6.45) is -8.41. The molecule has 0 bridgehead atoms. The highest BCUT2D eigenvalue weighted by Gasteiger charge is 2.37. The van der Waals surface area contributed by atoms with Crippen LogP contribution in [0.2, 0.25) is 0 Å². The summed E-state index contributed by atoms with van der Waals surface area (Å²) in [5.74, 6) is 0. The van der Waals surface area contributed by atoms with Crippen molar-refractivity contribution >= 4 is 10.0 Å². The number of alkyl halides is 6. The monoisotopic (exact) mass is 347 g/mol. The van der Waals surface area contributed by atoms with E-state index in [9.17, 15) is 34.8 Å². The Hall–Kier alpha value is -1.71. The third-order valence-corrected chi connectivity index (χ3v) is 3.75. The standard InChI is InChI=1S/C12H11F6NO2S/c1-3-19(22(2,20)21)7-8-4-9(11(13,14)15)6-10(5-8)12(16,17)18/h3-6H,1,7H2,2H3. The molecular weight excluding hydrogens is 336 g/mol. The zero-order valence-corrected chi connectivity index (χ0v) is 12.0. The number of benzene rings is 1. The third kappa shape index (κ3) is 4.65. The topological polar surface area (TPSA) is 37.4 Å². The molecule has 0 N–H and O–H groups in total. The predicted octanol–water partition coefficient (Wildman–Crippen LogP) is 3.63. The summed E-state index contributed by atoms with van der Waals surface area (Å²) < 4.78 is 99.2. The molecule has 0 aliphatic heterocycles. The molecule has 1 aromatic carbocycles. The van der Waals surface area contributed by atoms with Crippen molar-refractivity contribution in [3.63, 3.8) is 0 Å². The molecule has 10 heteroatoms. The summed E-state index contributed by atoms with van der Waals surface area (Å²) >= 11 is 0. The maximum Gasteiger partial charge on any atom is 0.416 e. The van der Waals surface area contributed by atoms with E-state index in [1.54, 1.807) is 0 Å². The van der Waals surface area contributed by atoms with Crippen LogP contribution in [0.4, 0.5) is 26.3 Å². The zero-order valence-electron chi connectivity index (χ0n) is 11.2. The number of nitrogens with zero attached hydrogens (tertiary/aromatic N) is 1. The second-order valence-electron chi connectivity index (χ2n) is 4.40. The van der Waals surface area contributed by atoms with Gasteiger partial charge in [0.1, 0.15) is 0 Å². The molecule has 0 aliphatic rings. The second-order valence-corrected chi connectivity index (χ2v) is 6.34. The van der Waals surface area contributed by atoms with Crippen LogP contribution < -0.4 is 0 Å². The molecule has 1 rings (SSSR count). The molecule has 1 aromatic rings. The first-order valence-electron chi connectivity index (χ1n) is 5.63. The summed E-state index contributed by atoms with van der Waals surface area (Å²) in [5.41, 5.74) is -3.46. The number of hydrogen-bond donors (Lipinski definition) is 0. The highest BCUT2D eigenvalue weighted by molar-refractivity contribution is 7.88. The molecule has 0 unspecified atom stereocenters. The zero-order chi connectivity index (χ0) is 17.3. The minimum absolute atomic E-state index is 0.0256. The van der Waals surface area contributed by atoms with Crippen molar-refractivity contribution in [3.05, 3.63) is 47.7 Å². The minimum atomic E-state index is -4.99. The van der Waals surface area contributed by atoms with Crippen LogP contribution in [-0.2, 0) is 28.9 Å². The lowest BCUT2D eigenvalue weighted by Gasteiger charge is -2.19. The van der Waals surface area contributed by atoms with Crippen molar-refractivity contribution in [1.29, 1.82) is 0 Å². The van der Waals surface area contributed by atoms with Gasteiger partial charge in [-0.2, -0.15) is 26.3 Å². The van der Waals surface area contributed by atoms with Crippen LogP contribution in [-0.4, -0.2) is 19.0 Å². The van der Waals surface area contributed by atoms with Crippen LogP contribution in [0.5, 0.6) is 0 Å². The lowest BCUT2D eigenvalue weighted by molar-refractivity contribution is -0.143. The Labute approximate surface area is 122 Å². The van der Waals surface area contributed by atoms with Crippen LogP contribution in [0.3, 0.4) is 0 Å². The lowest BCUT2D eigenvalue weighted by atomic mass is 10.0. The predicted molar refractivity (Wildman–Crippen MR) is 67.0 cm³/mol. The number of halogens is 6. The van der Waals surface area contributed by atoms with Crippen LogP contribution in [0.15, 0.2) is 31.0 Å². The van der Waals surface area contributed by atoms with Crippen molar-refractivity contribution in [3.8, 4) is 0 Å². The Balaban J connectivity index is 3.39. The normalized spacial score (nSPS) is 13.0. The van der Waals surface area contributed by atoms with E-state index in [0.29, 0.717) is 16.4 Å². The molecular formula is C12H11F6NO2S. The average Bonchev–Trinajstić information content (AvgIpc) is 2.32. The molecule has 124 valence electrons. The molecule has 22 heavy (non-hydrogen) atoms. The maximum absolute atomic E-state index is 12.7. The highest BCUT2D eigenvalue weighted by Crippen LogP contribution is 2.36. The Morgan fingerprint density at radius 2 is 1.45 bits per heavy atom. The van der Waals surface area contributed by atoms with Gasteiger partial charge in [0, 0.05) is 6.20 Å². The fraction of sp³-hybridized carbons (Fsp3) is 0.333. The summed E-state index contributed by atoms with van der Waals surface area (Å²) in [7, 11) is -3.86. The molecule has 0 amide bonds. The smallest absolute Gasteiger partial charge is 0.274 e. The van der Waals surface area contributed by atoms with E-state index >= 15 is 0 Å². The minimum Gasteiger partial charge on any atom is -0.274 e. The van der Waals surface area contributed by atoms with E-state index in [1.165, 1.54) is 0 Å². The van der Waals surface area contributed by atoms with Gasteiger partial charge in [-0.1, -0.05) is 6.58 Å². The Bertz CT molecular complexity index is 631. The Morgan fingerprint density at radius 1 is 1.05 bits per heavy atom. The average molecular weight is 347 g/mol. The third-order valence-electron chi connectivity index (χ3n) is 2.62. The van der Waals surface area contributed by atoms with Crippen molar-refractivity contribution in [2.24, 2.45) is 0 Å². The first kappa shape index (κ1) is 18.3. The molecule has 0 atom stereocenters. The van der Waals surface area contributed by atoms with Crippen molar-refractivity contribution in [1.82, 2.24) is 4.31 Å². The van der Waals surface area contributed by atoms with Gasteiger partial charge in [0.2, 0.25) is 10.0 Å². The fourth-order valence-electron chi connectivity index (χ4n) is 1.61.